The summed E-state index contributed by atoms with van der Waals surface area (Å²) in [5.41, 5.74) is 7.22. The van der Waals surface area contributed by atoms with Crippen molar-refractivity contribution in [2.75, 3.05) is 0 Å². The van der Waals surface area contributed by atoms with Crippen molar-refractivity contribution in [1.82, 2.24) is 9.55 Å². The minimum absolute atomic E-state index is 0.214. The highest BCUT2D eigenvalue weighted by Gasteiger charge is 2.26. The van der Waals surface area contributed by atoms with Gasteiger partial charge < -0.3 is 10.3 Å². The predicted octanol–water partition coefficient (Wildman–Crippen LogP) is 2.23. The molecule has 2 heterocycles. The molecule has 0 radical (unpaired) electrons. The molecule has 3 nitrogen and oxygen atoms in total. The van der Waals surface area contributed by atoms with Gasteiger partial charge in [-0.1, -0.05) is 13.8 Å². The number of nitrogens with two attached hydrogens (primary N) is 1. The largest absolute Gasteiger partial charge is 0.334 e. The lowest BCUT2D eigenvalue weighted by molar-refractivity contribution is 0.403. The molecule has 0 aliphatic carbocycles. The molecule has 0 amide bonds. The number of hydrogen-bond donors (Lipinski definition) is 1. The van der Waals surface area contributed by atoms with Gasteiger partial charge in [0.1, 0.15) is 5.82 Å². The average molecular weight is 207 g/mol. The van der Waals surface area contributed by atoms with E-state index in [2.05, 4.69) is 31.5 Å². The minimum Gasteiger partial charge on any atom is -0.334 e. The van der Waals surface area contributed by atoms with Crippen LogP contribution < -0.4 is 5.73 Å². The van der Waals surface area contributed by atoms with Crippen LogP contribution in [0.4, 0.5) is 0 Å². The van der Waals surface area contributed by atoms with Gasteiger partial charge in [0.2, 0.25) is 0 Å². The van der Waals surface area contributed by atoms with Gasteiger partial charge in [0.05, 0.1) is 5.69 Å². The lowest BCUT2D eigenvalue weighted by Gasteiger charge is -2.25. The van der Waals surface area contributed by atoms with Gasteiger partial charge in [-0.05, 0) is 25.7 Å². The third kappa shape index (κ3) is 1.93. The van der Waals surface area contributed by atoms with Crippen LogP contribution in [0.3, 0.4) is 0 Å². The lowest BCUT2D eigenvalue weighted by atomic mass is 9.93. The van der Waals surface area contributed by atoms with Crippen molar-refractivity contribution in [2.24, 2.45) is 5.73 Å². The number of rotatable bonds is 2. The second-order valence-electron chi connectivity index (χ2n) is 4.98. The zero-order valence-electron chi connectivity index (χ0n) is 9.90. The molecule has 0 saturated carbocycles. The molecule has 15 heavy (non-hydrogen) atoms. The van der Waals surface area contributed by atoms with Crippen LogP contribution >= 0.6 is 0 Å². The van der Waals surface area contributed by atoms with Gasteiger partial charge >= 0.3 is 0 Å². The van der Waals surface area contributed by atoms with Crippen molar-refractivity contribution in [3.63, 3.8) is 0 Å². The molecule has 0 spiro atoms. The maximum atomic E-state index is 6.01. The number of aryl methyl sites for hydroxylation is 1. The van der Waals surface area contributed by atoms with Crippen molar-refractivity contribution in [3.8, 4) is 0 Å². The Morgan fingerprint density at radius 2 is 2.20 bits per heavy atom. The van der Waals surface area contributed by atoms with Crippen molar-refractivity contribution in [2.45, 2.75) is 58.0 Å². The smallest absolute Gasteiger partial charge is 0.113 e. The van der Waals surface area contributed by atoms with Crippen LogP contribution in [0.1, 0.15) is 57.0 Å². The third-order valence-corrected chi connectivity index (χ3v) is 3.30. The molecule has 1 aromatic rings. The Labute approximate surface area is 91.7 Å². The molecule has 84 valence electrons. The Hall–Kier alpha value is -0.830. The normalized spacial score (nSPS) is 22.9. The molecule has 2 unspecified atom stereocenters. The number of imidazole rings is 1. The van der Waals surface area contributed by atoms with Crippen LogP contribution in [0.2, 0.25) is 0 Å². The van der Waals surface area contributed by atoms with Crippen LogP contribution in [0.25, 0.3) is 0 Å². The van der Waals surface area contributed by atoms with E-state index in [0.717, 1.165) is 6.54 Å². The second kappa shape index (κ2) is 3.97. The molecular formula is C12H21N3. The van der Waals surface area contributed by atoms with E-state index in [0.29, 0.717) is 11.8 Å². The van der Waals surface area contributed by atoms with E-state index in [1.807, 2.05) is 0 Å². The molecule has 0 saturated heterocycles. The maximum Gasteiger partial charge on any atom is 0.113 e. The number of fused-ring (bicyclic) bond motifs is 1. The van der Waals surface area contributed by atoms with E-state index >= 15 is 0 Å². The topological polar surface area (TPSA) is 43.8 Å². The molecule has 2 N–H and O–H groups in total. The van der Waals surface area contributed by atoms with Crippen LogP contribution in [-0.4, -0.2) is 15.6 Å². The highest BCUT2D eigenvalue weighted by Crippen LogP contribution is 2.30. The molecule has 1 aliphatic heterocycles. The fraction of sp³-hybridized carbons (Fsp3) is 0.750. The van der Waals surface area contributed by atoms with Gasteiger partial charge in [-0.15, -0.1) is 0 Å². The van der Waals surface area contributed by atoms with Crippen LogP contribution in [-0.2, 0) is 6.54 Å². The number of hydrogen-bond acceptors (Lipinski definition) is 2. The van der Waals surface area contributed by atoms with Gasteiger partial charge in [0.25, 0.3) is 0 Å². The van der Waals surface area contributed by atoms with E-state index in [4.69, 9.17) is 10.7 Å². The fourth-order valence-electron chi connectivity index (χ4n) is 2.31. The molecule has 2 atom stereocenters. The van der Waals surface area contributed by atoms with Crippen molar-refractivity contribution < 1.29 is 0 Å². The van der Waals surface area contributed by atoms with Gasteiger partial charge in [-0.3, -0.25) is 0 Å². The summed E-state index contributed by atoms with van der Waals surface area (Å²) in [5, 5.41) is 0. The van der Waals surface area contributed by atoms with Gasteiger partial charge in [0, 0.05) is 24.7 Å². The van der Waals surface area contributed by atoms with Crippen molar-refractivity contribution in [1.29, 1.82) is 0 Å². The fourth-order valence-corrected chi connectivity index (χ4v) is 2.31. The summed E-state index contributed by atoms with van der Waals surface area (Å²) in [7, 11) is 0. The molecule has 0 fully saturated rings. The van der Waals surface area contributed by atoms with E-state index in [1.165, 1.54) is 24.4 Å². The standard InChI is InChI=1S/C12H21N3/c1-8(2)11-7-15-6-4-5-10(9(3)13)12(15)14-11/h7-10H,4-6,13H2,1-3H3. The Kier molecular flexibility index (Phi) is 2.83. The van der Waals surface area contributed by atoms with Crippen molar-refractivity contribution in [3.05, 3.63) is 17.7 Å². The summed E-state index contributed by atoms with van der Waals surface area (Å²) in [4.78, 5) is 4.74. The first-order valence-electron chi connectivity index (χ1n) is 5.92. The van der Waals surface area contributed by atoms with Gasteiger partial charge in [-0.25, -0.2) is 4.98 Å². The summed E-state index contributed by atoms with van der Waals surface area (Å²) in [6.45, 7) is 7.58. The first-order chi connectivity index (χ1) is 7.09. The predicted molar refractivity (Wildman–Crippen MR) is 61.9 cm³/mol. The number of nitrogens with zero attached hydrogens (tertiary/aromatic N) is 2. The third-order valence-electron chi connectivity index (χ3n) is 3.30. The van der Waals surface area contributed by atoms with E-state index < -0.39 is 0 Å². The van der Waals surface area contributed by atoms with Crippen LogP contribution in [0.15, 0.2) is 6.20 Å². The Morgan fingerprint density at radius 3 is 2.80 bits per heavy atom. The first-order valence-corrected chi connectivity index (χ1v) is 5.92. The summed E-state index contributed by atoms with van der Waals surface area (Å²) >= 11 is 0. The monoisotopic (exact) mass is 207 g/mol. The molecule has 1 aliphatic rings. The highest BCUT2D eigenvalue weighted by molar-refractivity contribution is 5.14. The Morgan fingerprint density at radius 1 is 1.47 bits per heavy atom. The SMILES string of the molecule is CC(C)c1cn2c(n1)C(C(C)N)CCC2. The quantitative estimate of drug-likeness (QED) is 0.808. The summed E-state index contributed by atoms with van der Waals surface area (Å²) in [6.07, 6.45) is 4.62. The van der Waals surface area contributed by atoms with E-state index in [9.17, 15) is 0 Å². The van der Waals surface area contributed by atoms with E-state index in [-0.39, 0.29) is 6.04 Å². The highest BCUT2D eigenvalue weighted by atomic mass is 15.1. The second-order valence-corrected chi connectivity index (χ2v) is 4.98. The lowest BCUT2D eigenvalue weighted by Crippen LogP contribution is -2.30. The Bertz CT molecular complexity index is 339. The van der Waals surface area contributed by atoms with Gasteiger partial charge in [0.15, 0.2) is 0 Å². The minimum atomic E-state index is 0.214. The molecular weight excluding hydrogens is 186 g/mol. The zero-order valence-corrected chi connectivity index (χ0v) is 9.90. The van der Waals surface area contributed by atoms with Crippen LogP contribution in [0.5, 0.6) is 0 Å². The Balaban J connectivity index is 2.34. The summed E-state index contributed by atoms with van der Waals surface area (Å²) < 4.78 is 2.30. The van der Waals surface area contributed by atoms with Crippen molar-refractivity contribution >= 4 is 0 Å². The van der Waals surface area contributed by atoms with Gasteiger partial charge in [-0.2, -0.15) is 0 Å². The van der Waals surface area contributed by atoms with E-state index in [1.54, 1.807) is 0 Å². The zero-order chi connectivity index (χ0) is 11.0. The molecule has 3 heteroatoms. The summed E-state index contributed by atoms with van der Waals surface area (Å²) in [6, 6.07) is 0.214. The first kappa shape index (κ1) is 10.7. The molecule has 0 bridgehead atoms. The maximum absolute atomic E-state index is 6.01. The molecule has 0 aromatic carbocycles. The molecule has 2 rings (SSSR count). The van der Waals surface area contributed by atoms with Crippen LogP contribution in [0, 0.1) is 0 Å². The summed E-state index contributed by atoms with van der Waals surface area (Å²) in [5.74, 6) is 2.17. The average Bonchev–Trinajstić information content (AvgIpc) is 2.60. The molecule has 1 aromatic heterocycles. The number of aromatic nitrogens is 2.